The van der Waals surface area contributed by atoms with Crippen LogP contribution >= 0.6 is 11.6 Å². The molecule has 140 valence electrons. The average molecular weight is 379 g/mol. The van der Waals surface area contributed by atoms with Crippen molar-refractivity contribution in [3.63, 3.8) is 0 Å². The van der Waals surface area contributed by atoms with E-state index in [2.05, 4.69) is 10.00 Å². The number of carbonyl (C=O) groups excluding carboxylic acids is 1. The Morgan fingerprint density at radius 2 is 2.31 bits per heavy atom. The minimum atomic E-state index is -0.790. The first kappa shape index (κ1) is 18.7. The molecule has 1 aromatic heterocycles. The predicted molar refractivity (Wildman–Crippen MR) is 97.9 cm³/mol. The average Bonchev–Trinajstić information content (AvgIpc) is 2.98. The van der Waals surface area contributed by atoms with Crippen molar-refractivity contribution in [3.05, 3.63) is 47.2 Å². The molecule has 2 aromatic rings. The molecule has 0 radical (unpaired) electrons. The number of hydrogen-bond donors (Lipinski definition) is 1. The Morgan fingerprint density at radius 3 is 3.00 bits per heavy atom. The molecule has 2 N–H and O–H groups in total. The van der Waals surface area contributed by atoms with Gasteiger partial charge in [0.05, 0.1) is 18.7 Å². The molecular weight excluding hydrogens is 356 g/mol. The van der Waals surface area contributed by atoms with E-state index in [0.29, 0.717) is 30.5 Å². The van der Waals surface area contributed by atoms with E-state index < -0.39 is 11.5 Å². The van der Waals surface area contributed by atoms with Crippen LogP contribution in [0.1, 0.15) is 12.1 Å². The van der Waals surface area contributed by atoms with Crippen molar-refractivity contribution in [1.82, 2.24) is 14.7 Å². The largest absolute Gasteiger partial charge is 0.490 e. The lowest BCUT2D eigenvalue weighted by molar-refractivity contribution is -0.148. The van der Waals surface area contributed by atoms with E-state index in [-0.39, 0.29) is 13.0 Å². The molecule has 0 aliphatic carbocycles. The number of carbonyl (C=O) groups is 1. The van der Waals surface area contributed by atoms with E-state index in [0.717, 1.165) is 12.2 Å². The van der Waals surface area contributed by atoms with Gasteiger partial charge in [-0.3, -0.25) is 14.4 Å². The lowest BCUT2D eigenvalue weighted by Gasteiger charge is -2.41. The number of halogens is 1. The van der Waals surface area contributed by atoms with Gasteiger partial charge >= 0.3 is 0 Å². The molecule has 7 nitrogen and oxygen atoms in total. The summed E-state index contributed by atoms with van der Waals surface area (Å²) in [6.45, 7) is 2.69. The maximum absolute atomic E-state index is 11.6. The molecule has 2 heterocycles. The Balaban J connectivity index is 1.69. The molecule has 1 saturated heterocycles. The van der Waals surface area contributed by atoms with Crippen molar-refractivity contribution in [2.75, 3.05) is 26.3 Å². The van der Waals surface area contributed by atoms with Crippen LogP contribution in [0.3, 0.4) is 0 Å². The van der Waals surface area contributed by atoms with Crippen molar-refractivity contribution >= 4 is 17.5 Å². The molecule has 0 unspecified atom stereocenters. The Kier molecular flexibility index (Phi) is 5.80. The molecule has 1 aromatic carbocycles. The number of primary amides is 1. The SMILES string of the molecule is Cn1ccc(CN2CCO[C@@](COc3cccc(Cl)c3)(CC(N)=O)C2)n1. The second-order valence-corrected chi connectivity index (χ2v) is 7.05. The first-order chi connectivity index (χ1) is 12.4. The van der Waals surface area contributed by atoms with Gasteiger partial charge < -0.3 is 15.2 Å². The second-order valence-electron chi connectivity index (χ2n) is 6.61. The van der Waals surface area contributed by atoms with Gasteiger partial charge in [-0.2, -0.15) is 5.10 Å². The molecule has 0 spiro atoms. The molecule has 8 heteroatoms. The summed E-state index contributed by atoms with van der Waals surface area (Å²) >= 11 is 6.00. The van der Waals surface area contributed by atoms with E-state index >= 15 is 0 Å². The summed E-state index contributed by atoms with van der Waals surface area (Å²) < 4.78 is 13.6. The van der Waals surface area contributed by atoms with Gasteiger partial charge in [0, 0.05) is 37.9 Å². The number of amides is 1. The zero-order valence-corrected chi connectivity index (χ0v) is 15.5. The maximum Gasteiger partial charge on any atom is 0.220 e. The zero-order valence-electron chi connectivity index (χ0n) is 14.7. The molecule has 1 aliphatic rings. The van der Waals surface area contributed by atoms with Crippen molar-refractivity contribution in [2.24, 2.45) is 12.8 Å². The standard InChI is InChI=1S/C18H23ClN4O3/c1-22-6-5-15(21-22)11-23-7-8-26-18(12-23,10-17(20)24)13-25-16-4-2-3-14(19)9-16/h2-6,9H,7-8,10-13H2,1H3,(H2,20,24)/t18-/m0/s1. The predicted octanol–water partition coefficient (Wildman–Crippen LogP) is 1.60. The molecule has 1 amide bonds. The number of aromatic nitrogens is 2. The molecule has 1 atom stereocenters. The van der Waals surface area contributed by atoms with Crippen LogP contribution in [-0.2, 0) is 23.1 Å². The van der Waals surface area contributed by atoms with Crippen LogP contribution in [0.15, 0.2) is 36.5 Å². The molecule has 26 heavy (non-hydrogen) atoms. The number of hydrogen-bond acceptors (Lipinski definition) is 5. The third kappa shape index (κ3) is 4.97. The summed E-state index contributed by atoms with van der Waals surface area (Å²) in [6, 6.07) is 9.12. The van der Waals surface area contributed by atoms with Gasteiger partial charge in [0.25, 0.3) is 0 Å². The Hall–Kier alpha value is -2.09. The van der Waals surface area contributed by atoms with Crippen molar-refractivity contribution < 1.29 is 14.3 Å². The van der Waals surface area contributed by atoms with Gasteiger partial charge in [0.15, 0.2) is 0 Å². The van der Waals surface area contributed by atoms with Crippen molar-refractivity contribution in [1.29, 1.82) is 0 Å². The number of nitrogens with two attached hydrogens (primary N) is 1. The lowest BCUT2D eigenvalue weighted by Crippen LogP contribution is -2.56. The van der Waals surface area contributed by atoms with Gasteiger partial charge in [-0.1, -0.05) is 17.7 Å². The quantitative estimate of drug-likeness (QED) is 0.791. The van der Waals surface area contributed by atoms with Crippen LogP contribution in [-0.4, -0.2) is 52.5 Å². The van der Waals surface area contributed by atoms with Gasteiger partial charge in [-0.05, 0) is 24.3 Å². The smallest absolute Gasteiger partial charge is 0.220 e. The zero-order chi connectivity index (χ0) is 18.6. The Bertz CT molecular complexity index is 766. The van der Waals surface area contributed by atoms with E-state index in [9.17, 15) is 4.79 Å². The number of aryl methyl sites for hydroxylation is 1. The summed E-state index contributed by atoms with van der Waals surface area (Å²) in [7, 11) is 1.89. The summed E-state index contributed by atoms with van der Waals surface area (Å²) in [4.78, 5) is 13.8. The molecule has 0 saturated carbocycles. The number of nitrogens with zero attached hydrogens (tertiary/aromatic N) is 3. The molecular formula is C18H23ClN4O3. The minimum absolute atomic E-state index is 0.0896. The first-order valence-corrected chi connectivity index (χ1v) is 8.83. The van der Waals surface area contributed by atoms with Crippen LogP contribution < -0.4 is 10.5 Å². The lowest BCUT2D eigenvalue weighted by atomic mass is 9.97. The monoisotopic (exact) mass is 378 g/mol. The summed E-state index contributed by atoms with van der Waals surface area (Å²) in [6.07, 6.45) is 2.00. The second kappa shape index (κ2) is 8.07. The third-order valence-electron chi connectivity index (χ3n) is 4.28. The highest BCUT2D eigenvalue weighted by Crippen LogP contribution is 2.26. The van der Waals surface area contributed by atoms with E-state index in [1.165, 1.54) is 0 Å². The van der Waals surface area contributed by atoms with Crippen molar-refractivity contribution in [2.45, 2.75) is 18.6 Å². The fourth-order valence-electron chi connectivity index (χ4n) is 3.17. The molecule has 1 fully saturated rings. The summed E-state index contributed by atoms with van der Waals surface area (Å²) in [5.41, 5.74) is 5.65. The summed E-state index contributed by atoms with van der Waals surface area (Å²) in [5.74, 6) is 0.214. The molecule has 1 aliphatic heterocycles. The first-order valence-electron chi connectivity index (χ1n) is 8.46. The van der Waals surface area contributed by atoms with Crippen LogP contribution in [0.4, 0.5) is 0 Å². The van der Waals surface area contributed by atoms with Gasteiger partial charge in [-0.15, -0.1) is 0 Å². The Morgan fingerprint density at radius 1 is 1.46 bits per heavy atom. The topological polar surface area (TPSA) is 82.6 Å². The minimum Gasteiger partial charge on any atom is -0.490 e. The molecule has 0 bridgehead atoms. The number of benzene rings is 1. The van der Waals surface area contributed by atoms with E-state index in [1.807, 2.05) is 31.4 Å². The number of morpholine rings is 1. The number of rotatable bonds is 7. The van der Waals surface area contributed by atoms with Crippen LogP contribution in [0.25, 0.3) is 0 Å². The molecule has 3 rings (SSSR count). The van der Waals surface area contributed by atoms with Gasteiger partial charge in [-0.25, -0.2) is 0 Å². The fourth-order valence-corrected chi connectivity index (χ4v) is 3.35. The third-order valence-corrected chi connectivity index (χ3v) is 4.51. The number of ether oxygens (including phenoxy) is 2. The van der Waals surface area contributed by atoms with Gasteiger partial charge in [0.2, 0.25) is 5.91 Å². The van der Waals surface area contributed by atoms with Gasteiger partial charge in [0.1, 0.15) is 18.0 Å². The highest BCUT2D eigenvalue weighted by molar-refractivity contribution is 6.30. The highest BCUT2D eigenvalue weighted by Gasteiger charge is 2.39. The van der Waals surface area contributed by atoms with Crippen LogP contribution in [0.5, 0.6) is 5.75 Å². The van der Waals surface area contributed by atoms with E-state index in [4.69, 9.17) is 26.8 Å². The van der Waals surface area contributed by atoms with E-state index in [1.54, 1.807) is 16.8 Å². The normalized spacial score (nSPS) is 20.8. The summed E-state index contributed by atoms with van der Waals surface area (Å²) in [5, 5.41) is 5.00. The maximum atomic E-state index is 11.6. The van der Waals surface area contributed by atoms with Crippen LogP contribution in [0.2, 0.25) is 5.02 Å². The van der Waals surface area contributed by atoms with Crippen LogP contribution in [0, 0.1) is 0 Å². The Labute approximate surface area is 157 Å². The highest BCUT2D eigenvalue weighted by atomic mass is 35.5. The fraction of sp³-hybridized carbons (Fsp3) is 0.444. The van der Waals surface area contributed by atoms with Crippen molar-refractivity contribution in [3.8, 4) is 5.75 Å².